The second-order valence-corrected chi connectivity index (χ2v) is 9.30. The molecule has 1 saturated carbocycles. The summed E-state index contributed by atoms with van der Waals surface area (Å²) < 4.78 is 0. The number of pyridine rings is 1. The van der Waals surface area contributed by atoms with E-state index < -0.39 is 0 Å². The summed E-state index contributed by atoms with van der Waals surface area (Å²) in [5.74, 6) is 1.31. The Kier molecular flexibility index (Phi) is 12.4. The fourth-order valence-electron chi connectivity index (χ4n) is 4.61. The molecule has 0 amide bonds. The van der Waals surface area contributed by atoms with Crippen LogP contribution in [-0.4, -0.2) is 4.98 Å². The van der Waals surface area contributed by atoms with Gasteiger partial charge in [-0.25, -0.2) is 0 Å². The molecular formula is C31H40HfN2. The minimum atomic E-state index is -0.111. The minimum Gasteiger partial charge on any atom is -0.673 e. The molecule has 34 heavy (non-hydrogen) atoms. The van der Waals surface area contributed by atoms with E-state index in [0.29, 0.717) is 17.8 Å². The van der Waals surface area contributed by atoms with E-state index in [2.05, 4.69) is 101 Å². The van der Waals surface area contributed by atoms with Gasteiger partial charge in [0.2, 0.25) is 0 Å². The van der Waals surface area contributed by atoms with Crippen molar-refractivity contribution in [3.05, 3.63) is 121 Å². The van der Waals surface area contributed by atoms with Crippen molar-refractivity contribution in [1.82, 2.24) is 4.98 Å². The molecule has 0 aliphatic heterocycles. The van der Waals surface area contributed by atoms with Crippen molar-refractivity contribution in [2.75, 3.05) is 0 Å². The quantitative estimate of drug-likeness (QED) is 0.191. The van der Waals surface area contributed by atoms with Crippen LogP contribution in [0.4, 0.5) is 5.69 Å². The number of benzene rings is 2. The smallest absolute Gasteiger partial charge is 0.673 e. The maximum absolute atomic E-state index is 5.44. The van der Waals surface area contributed by atoms with Gasteiger partial charge in [0.25, 0.3) is 0 Å². The van der Waals surface area contributed by atoms with Gasteiger partial charge in [0.1, 0.15) is 0 Å². The molecule has 3 aromatic rings. The zero-order chi connectivity index (χ0) is 21.8. The molecule has 1 heterocycles. The van der Waals surface area contributed by atoms with Gasteiger partial charge in [-0.3, -0.25) is 4.98 Å². The van der Waals surface area contributed by atoms with Gasteiger partial charge >= 0.3 is 25.8 Å². The van der Waals surface area contributed by atoms with E-state index in [1.54, 1.807) is 0 Å². The van der Waals surface area contributed by atoms with Crippen molar-refractivity contribution in [2.24, 2.45) is 0 Å². The van der Waals surface area contributed by atoms with Crippen molar-refractivity contribution in [1.29, 1.82) is 0 Å². The molecular weight excluding hydrogens is 579 g/mol. The summed E-state index contributed by atoms with van der Waals surface area (Å²) in [6, 6.07) is 23.6. The summed E-state index contributed by atoms with van der Waals surface area (Å²) in [7, 11) is 0. The third-order valence-electron chi connectivity index (χ3n) is 6.34. The fraction of sp³-hybridized carbons (Fsp3) is 0.355. The fourth-order valence-corrected chi connectivity index (χ4v) is 4.61. The molecule has 178 valence electrons. The molecule has 0 bridgehead atoms. The van der Waals surface area contributed by atoms with E-state index in [4.69, 9.17) is 10.3 Å². The maximum Gasteiger partial charge on any atom is 4.00 e. The molecule has 3 heteroatoms. The van der Waals surface area contributed by atoms with Crippen LogP contribution in [0, 0.1) is 21.3 Å². The number of nitrogens with zero attached hydrogens (tertiary/aromatic N) is 2. The third kappa shape index (κ3) is 6.90. The van der Waals surface area contributed by atoms with Gasteiger partial charge in [-0.05, 0) is 30.0 Å². The Morgan fingerprint density at radius 1 is 0.824 bits per heavy atom. The first-order valence-electron chi connectivity index (χ1n) is 11.7. The normalized spacial score (nSPS) is 15.8. The van der Waals surface area contributed by atoms with Crippen molar-refractivity contribution >= 4 is 5.69 Å². The maximum atomic E-state index is 5.44. The van der Waals surface area contributed by atoms with Gasteiger partial charge in [-0.15, -0.1) is 11.6 Å². The van der Waals surface area contributed by atoms with Crippen molar-refractivity contribution in [2.45, 2.75) is 70.8 Å². The van der Waals surface area contributed by atoms with Crippen LogP contribution in [0.5, 0.6) is 0 Å². The Balaban J connectivity index is 0.00000193. The molecule has 0 saturated heterocycles. The zero-order valence-electron chi connectivity index (χ0n) is 21.8. The van der Waals surface area contributed by atoms with E-state index in [1.165, 1.54) is 41.6 Å². The molecule has 2 aromatic carbocycles. The van der Waals surface area contributed by atoms with Crippen molar-refractivity contribution < 1.29 is 25.8 Å². The number of rotatable bonds is 7. The molecule has 0 spiro atoms. The van der Waals surface area contributed by atoms with Crippen LogP contribution >= 0.6 is 0 Å². The molecule has 1 aliphatic rings. The number of para-hydroxylation sites is 1. The van der Waals surface area contributed by atoms with E-state index in [0.717, 1.165) is 11.4 Å². The Morgan fingerprint density at radius 2 is 1.44 bits per heavy atom. The first kappa shape index (κ1) is 30.3. The van der Waals surface area contributed by atoms with Gasteiger partial charge in [-0.1, -0.05) is 112 Å². The Hall–Kier alpha value is -1.74. The van der Waals surface area contributed by atoms with Crippen LogP contribution < -0.4 is 0 Å². The molecule has 1 aliphatic carbocycles. The van der Waals surface area contributed by atoms with Gasteiger partial charge in [-0.2, -0.15) is 6.42 Å². The molecule has 1 fully saturated rings. The van der Waals surface area contributed by atoms with Crippen LogP contribution in [-0.2, 0) is 25.8 Å². The standard InChI is InChI=1S/C29H34N2.2CH3.Hf/c1-20(2)24-16-10-17-25(21(3)4)29(24)31-28(23-14-6-5-7-15-23)27-19-11-18-26(30-27)22-12-8-9-13-22;;;/h5-7,10-12,14-22,28H,8-9,13H2,1-4H3;2*1H3;/q-2;2*-1;+4. The summed E-state index contributed by atoms with van der Waals surface area (Å²) in [6.07, 6.45) is 6.09. The first-order valence-corrected chi connectivity index (χ1v) is 11.7. The van der Waals surface area contributed by atoms with E-state index >= 15 is 0 Å². The summed E-state index contributed by atoms with van der Waals surface area (Å²) in [6.45, 7) is 9.02. The molecule has 2 unspecified atom stereocenters. The molecule has 2 atom stereocenters. The molecule has 0 radical (unpaired) electrons. The Labute approximate surface area is 227 Å². The van der Waals surface area contributed by atoms with Gasteiger partial charge in [0, 0.05) is 11.4 Å². The predicted molar refractivity (Wildman–Crippen MR) is 144 cm³/mol. The number of aromatic nitrogens is 1. The molecule has 4 rings (SSSR count). The average molecular weight is 619 g/mol. The third-order valence-corrected chi connectivity index (χ3v) is 6.34. The molecule has 1 aromatic heterocycles. The van der Waals surface area contributed by atoms with E-state index in [9.17, 15) is 0 Å². The van der Waals surface area contributed by atoms with Crippen LogP contribution in [0.1, 0.15) is 98.8 Å². The minimum absolute atomic E-state index is 0. The first-order chi connectivity index (χ1) is 15.0. The van der Waals surface area contributed by atoms with Crippen LogP contribution in [0.3, 0.4) is 0 Å². The van der Waals surface area contributed by atoms with Crippen molar-refractivity contribution in [3.8, 4) is 0 Å². The largest absolute Gasteiger partial charge is 4.00 e. The SMILES string of the molecule is CC(C)c1cccc(C(C)C)c1[N-]C(c1ccccc1)c1cccc(C2[CH-]CCC2)n1.[CH3-].[CH3-].[Hf+4]. The summed E-state index contributed by atoms with van der Waals surface area (Å²) in [4.78, 5) is 5.15. The van der Waals surface area contributed by atoms with Crippen LogP contribution in [0.15, 0.2) is 66.7 Å². The average Bonchev–Trinajstić information content (AvgIpc) is 3.33. The van der Waals surface area contributed by atoms with Crippen LogP contribution in [0.2, 0.25) is 0 Å². The van der Waals surface area contributed by atoms with E-state index in [1.807, 2.05) is 0 Å². The van der Waals surface area contributed by atoms with Gasteiger partial charge in [0.05, 0.1) is 0 Å². The summed E-state index contributed by atoms with van der Waals surface area (Å²) >= 11 is 0. The van der Waals surface area contributed by atoms with Gasteiger partial charge < -0.3 is 26.6 Å². The zero-order valence-corrected chi connectivity index (χ0v) is 25.3. The second-order valence-electron chi connectivity index (χ2n) is 9.30. The Morgan fingerprint density at radius 3 is 2.00 bits per heavy atom. The van der Waals surface area contributed by atoms with Crippen LogP contribution in [0.25, 0.3) is 5.32 Å². The molecule has 0 N–H and O–H groups in total. The van der Waals surface area contributed by atoms with Gasteiger partial charge in [0.15, 0.2) is 0 Å². The van der Waals surface area contributed by atoms with Crippen molar-refractivity contribution in [3.63, 3.8) is 0 Å². The predicted octanol–water partition coefficient (Wildman–Crippen LogP) is 9.49. The summed E-state index contributed by atoms with van der Waals surface area (Å²) in [5, 5.41) is 5.44. The number of hydrogen-bond acceptors (Lipinski definition) is 1. The monoisotopic (exact) mass is 620 g/mol. The Bertz CT molecular complexity index is 965. The number of hydrogen-bond donors (Lipinski definition) is 0. The summed E-state index contributed by atoms with van der Waals surface area (Å²) in [5.41, 5.74) is 7.18. The topological polar surface area (TPSA) is 27.0 Å². The molecule has 2 nitrogen and oxygen atoms in total. The second kappa shape index (κ2) is 14.0. The van der Waals surface area contributed by atoms with E-state index in [-0.39, 0.29) is 46.7 Å².